The summed E-state index contributed by atoms with van der Waals surface area (Å²) in [5.74, 6) is -0.192. The minimum atomic E-state index is -4.16. The molecule has 0 aliphatic carbocycles. The van der Waals surface area contributed by atoms with Gasteiger partial charge in [-0.1, -0.05) is 55.3 Å². The Hall–Kier alpha value is -3.56. The molecule has 3 rings (SSSR count). The van der Waals surface area contributed by atoms with E-state index in [0.717, 1.165) is 21.9 Å². The fraction of sp³-hybridized carbons (Fsp3) is 0.333. The molecule has 0 spiro atoms. The number of carbonyl (C=O) groups excluding carboxylic acids is 2. The molecule has 40 heavy (non-hydrogen) atoms. The number of nitrogens with zero attached hydrogens (tertiary/aromatic N) is 2. The maximum Gasteiger partial charge on any atom is 0.264 e. The largest absolute Gasteiger partial charge is 0.497 e. The number of benzene rings is 3. The molecule has 0 aliphatic rings. The van der Waals surface area contributed by atoms with Crippen LogP contribution in [-0.4, -0.2) is 51.4 Å². The van der Waals surface area contributed by atoms with E-state index in [1.165, 1.54) is 29.2 Å². The summed E-state index contributed by atoms with van der Waals surface area (Å²) in [6, 6.07) is 19.1. The number of rotatable bonds is 13. The molecule has 8 nitrogen and oxygen atoms in total. The molecule has 0 bridgehead atoms. The molecule has 1 atom stereocenters. The third-order valence-corrected chi connectivity index (χ3v) is 8.46. The van der Waals surface area contributed by atoms with Gasteiger partial charge in [0, 0.05) is 18.1 Å². The van der Waals surface area contributed by atoms with Crippen molar-refractivity contribution in [2.45, 2.75) is 51.1 Å². The first kappa shape index (κ1) is 31.0. The molecule has 0 saturated carbocycles. The predicted molar refractivity (Wildman–Crippen MR) is 158 cm³/mol. The van der Waals surface area contributed by atoms with Crippen molar-refractivity contribution in [1.82, 2.24) is 10.2 Å². The van der Waals surface area contributed by atoms with Gasteiger partial charge in [-0.3, -0.25) is 13.9 Å². The highest BCUT2D eigenvalue weighted by atomic mass is 35.5. The molecule has 1 N–H and O–H groups in total. The number of carbonyl (C=O) groups is 2. The summed E-state index contributed by atoms with van der Waals surface area (Å²) < 4.78 is 34.1. The van der Waals surface area contributed by atoms with Crippen molar-refractivity contribution in [3.05, 3.63) is 88.9 Å². The average molecular weight is 586 g/mol. The number of amides is 2. The van der Waals surface area contributed by atoms with Crippen molar-refractivity contribution in [3.63, 3.8) is 0 Å². The van der Waals surface area contributed by atoms with Crippen LogP contribution in [0.2, 0.25) is 5.02 Å². The quantitative estimate of drug-likeness (QED) is 0.298. The van der Waals surface area contributed by atoms with Gasteiger partial charge in [0.15, 0.2) is 0 Å². The molecule has 10 heteroatoms. The number of hydrogen-bond donors (Lipinski definition) is 1. The molecule has 214 valence electrons. The Labute approximate surface area is 241 Å². The Balaban J connectivity index is 2.05. The van der Waals surface area contributed by atoms with Gasteiger partial charge in [-0.05, 0) is 73.9 Å². The van der Waals surface area contributed by atoms with E-state index >= 15 is 0 Å². The summed E-state index contributed by atoms with van der Waals surface area (Å²) in [5, 5.41) is 3.27. The van der Waals surface area contributed by atoms with Crippen LogP contribution in [-0.2, 0) is 26.2 Å². The molecule has 0 aromatic heterocycles. The number of methoxy groups -OCH3 is 1. The Morgan fingerprint density at radius 1 is 1.00 bits per heavy atom. The lowest BCUT2D eigenvalue weighted by molar-refractivity contribution is -0.140. The molecule has 3 aromatic carbocycles. The van der Waals surface area contributed by atoms with Crippen LogP contribution in [0.5, 0.6) is 5.75 Å². The molecule has 2 amide bonds. The Bertz CT molecular complexity index is 1400. The topological polar surface area (TPSA) is 96.0 Å². The van der Waals surface area contributed by atoms with Crippen LogP contribution in [0.3, 0.4) is 0 Å². The van der Waals surface area contributed by atoms with Gasteiger partial charge in [0.25, 0.3) is 10.0 Å². The molecule has 0 saturated heterocycles. The van der Waals surface area contributed by atoms with Gasteiger partial charge in [0.1, 0.15) is 18.3 Å². The maximum atomic E-state index is 14.1. The lowest BCUT2D eigenvalue weighted by Crippen LogP contribution is -2.52. The van der Waals surface area contributed by atoms with Crippen LogP contribution >= 0.6 is 11.6 Å². The number of nitrogens with one attached hydrogen (secondary N) is 1. The first-order valence-electron chi connectivity index (χ1n) is 13.2. The van der Waals surface area contributed by atoms with Gasteiger partial charge in [0.05, 0.1) is 17.7 Å². The predicted octanol–water partition coefficient (Wildman–Crippen LogP) is 5.19. The standard InChI is InChI=1S/C30H36ClN3O5S/c1-5-18-32-30(36)28(6-2)33(20-23-8-7-9-26(19-23)39-4)29(35)21-34(25-14-10-22(3)11-15-25)40(37,38)27-16-12-24(31)13-17-27/h7-17,19,28H,5-6,18,20-21H2,1-4H3,(H,32,36)/t28-/m0/s1. The van der Waals surface area contributed by atoms with Crippen molar-refractivity contribution in [3.8, 4) is 5.75 Å². The number of ether oxygens (including phenoxy) is 1. The van der Waals surface area contributed by atoms with Gasteiger partial charge in [-0.2, -0.15) is 0 Å². The molecule has 0 aliphatic heterocycles. The summed E-state index contributed by atoms with van der Waals surface area (Å²) in [5.41, 5.74) is 2.02. The number of aryl methyl sites for hydroxylation is 1. The summed E-state index contributed by atoms with van der Waals surface area (Å²) in [6.45, 7) is 5.72. The molecule has 0 radical (unpaired) electrons. The number of halogens is 1. The first-order chi connectivity index (χ1) is 19.1. The molecular formula is C30H36ClN3O5S. The first-order valence-corrected chi connectivity index (χ1v) is 15.0. The SMILES string of the molecule is CCCNC(=O)[C@H](CC)N(Cc1cccc(OC)c1)C(=O)CN(c1ccc(C)cc1)S(=O)(=O)c1ccc(Cl)cc1. The normalized spacial score (nSPS) is 11.9. The van der Waals surface area contributed by atoms with E-state index < -0.39 is 28.5 Å². The lowest BCUT2D eigenvalue weighted by Gasteiger charge is -2.33. The number of hydrogen-bond acceptors (Lipinski definition) is 5. The third kappa shape index (κ3) is 7.76. The second-order valence-corrected chi connectivity index (χ2v) is 11.7. The van der Waals surface area contributed by atoms with E-state index in [2.05, 4.69) is 5.32 Å². The van der Waals surface area contributed by atoms with Crippen LogP contribution in [0.1, 0.15) is 37.8 Å². The van der Waals surface area contributed by atoms with Crippen LogP contribution < -0.4 is 14.4 Å². The molecular weight excluding hydrogens is 550 g/mol. The highest BCUT2D eigenvalue weighted by molar-refractivity contribution is 7.92. The fourth-order valence-corrected chi connectivity index (χ4v) is 5.77. The Morgan fingerprint density at radius 3 is 2.27 bits per heavy atom. The zero-order chi connectivity index (χ0) is 29.3. The van der Waals surface area contributed by atoms with Crippen molar-refractivity contribution >= 4 is 39.1 Å². The minimum absolute atomic E-state index is 0.00245. The van der Waals surface area contributed by atoms with Gasteiger partial charge < -0.3 is 15.0 Å². The van der Waals surface area contributed by atoms with E-state index in [1.807, 2.05) is 26.8 Å². The van der Waals surface area contributed by atoms with Gasteiger partial charge in [-0.15, -0.1) is 0 Å². The zero-order valence-corrected chi connectivity index (χ0v) is 24.8. The van der Waals surface area contributed by atoms with Crippen molar-refractivity contribution in [1.29, 1.82) is 0 Å². The van der Waals surface area contributed by atoms with E-state index in [4.69, 9.17) is 16.3 Å². The molecule has 0 fully saturated rings. The van der Waals surface area contributed by atoms with E-state index in [-0.39, 0.29) is 17.3 Å². The smallest absolute Gasteiger partial charge is 0.264 e. The monoisotopic (exact) mass is 585 g/mol. The van der Waals surface area contributed by atoms with Crippen molar-refractivity contribution in [2.24, 2.45) is 0 Å². The van der Waals surface area contributed by atoms with Crippen LogP contribution in [0.15, 0.2) is 77.7 Å². The van der Waals surface area contributed by atoms with Crippen molar-refractivity contribution in [2.75, 3.05) is 24.5 Å². The third-order valence-electron chi connectivity index (χ3n) is 6.42. The highest BCUT2D eigenvalue weighted by Crippen LogP contribution is 2.26. The molecule has 3 aromatic rings. The van der Waals surface area contributed by atoms with Gasteiger partial charge >= 0.3 is 0 Å². The van der Waals surface area contributed by atoms with Gasteiger partial charge in [0.2, 0.25) is 11.8 Å². The summed E-state index contributed by atoms with van der Waals surface area (Å²) in [7, 11) is -2.60. The van der Waals surface area contributed by atoms with Crippen LogP contribution in [0.25, 0.3) is 0 Å². The fourth-order valence-electron chi connectivity index (χ4n) is 4.23. The van der Waals surface area contributed by atoms with E-state index in [9.17, 15) is 18.0 Å². The van der Waals surface area contributed by atoms with Crippen molar-refractivity contribution < 1.29 is 22.7 Å². The number of anilines is 1. The van der Waals surface area contributed by atoms with Crippen LogP contribution in [0, 0.1) is 6.92 Å². The Kier molecular flexibility index (Phi) is 11.0. The summed E-state index contributed by atoms with van der Waals surface area (Å²) in [4.78, 5) is 28.7. The van der Waals surface area contributed by atoms with E-state index in [1.54, 1.807) is 49.6 Å². The highest BCUT2D eigenvalue weighted by Gasteiger charge is 2.33. The summed E-state index contributed by atoms with van der Waals surface area (Å²) in [6.07, 6.45) is 1.09. The van der Waals surface area contributed by atoms with E-state index in [0.29, 0.717) is 29.4 Å². The minimum Gasteiger partial charge on any atom is -0.497 e. The summed E-state index contributed by atoms with van der Waals surface area (Å²) >= 11 is 6.00. The number of sulfonamides is 1. The molecule has 0 unspecified atom stereocenters. The van der Waals surface area contributed by atoms with Gasteiger partial charge in [-0.25, -0.2) is 8.42 Å². The molecule has 0 heterocycles. The van der Waals surface area contributed by atoms with Crippen LogP contribution in [0.4, 0.5) is 5.69 Å². The Morgan fingerprint density at radius 2 is 1.68 bits per heavy atom. The zero-order valence-electron chi connectivity index (χ0n) is 23.3. The lowest BCUT2D eigenvalue weighted by atomic mass is 10.1. The second kappa shape index (κ2) is 14.2. The second-order valence-electron chi connectivity index (χ2n) is 9.39. The maximum absolute atomic E-state index is 14.1. The average Bonchev–Trinajstić information content (AvgIpc) is 2.95.